The molecule has 0 amide bonds. The zero-order chi connectivity index (χ0) is 46.5. The summed E-state index contributed by atoms with van der Waals surface area (Å²) >= 11 is -1.72. The average molecular weight is 1000 g/mol. The molecule has 348 valence electrons. The molecule has 59 heavy (non-hydrogen) atoms. The van der Waals surface area contributed by atoms with Gasteiger partial charge in [-0.1, -0.05) is 0 Å². The van der Waals surface area contributed by atoms with Crippen molar-refractivity contribution in [2.75, 3.05) is 7.11 Å². The van der Waals surface area contributed by atoms with Crippen molar-refractivity contribution in [3.8, 4) is 0 Å². The molecule has 0 aromatic heterocycles. The van der Waals surface area contributed by atoms with Crippen LogP contribution in [0.15, 0.2) is 0 Å². The van der Waals surface area contributed by atoms with Gasteiger partial charge in [-0.05, 0) is 61.2 Å². The Labute approximate surface area is 331 Å². The van der Waals surface area contributed by atoms with Crippen LogP contribution in [0.25, 0.3) is 0 Å². The van der Waals surface area contributed by atoms with E-state index in [9.17, 15) is 105 Å². The van der Waals surface area contributed by atoms with Gasteiger partial charge in [-0.3, -0.25) is 0 Å². The fraction of sp³-hybridized carbons (Fsp3) is 1.00. The van der Waals surface area contributed by atoms with Crippen LogP contribution in [-0.2, 0) is 14.2 Å². The minimum Gasteiger partial charge on any atom is -0.377 e. The van der Waals surface area contributed by atoms with Gasteiger partial charge in [0.1, 0.15) is 0 Å². The zero-order valence-electron chi connectivity index (χ0n) is 28.2. The SMILES string of the molecule is COC(C(F)(F)F)C(F)(F)F.FC(F)(F)C1(C(F)(F)F)OC2C3CC4C2C4C31.FC(F)(F)C1(C(F)(F)F)OC2C3CCC(C3)C21.OC(C(F)(F)F)C(F)(F)F.[Cl][Al]([Cl])[Cl]. The van der Waals surface area contributed by atoms with E-state index >= 15 is 0 Å². The zero-order valence-corrected chi connectivity index (χ0v) is 31.6. The molecule has 0 radical (unpaired) electrons. The van der Waals surface area contributed by atoms with Crippen molar-refractivity contribution in [2.45, 2.75) is 111 Å². The van der Waals surface area contributed by atoms with Gasteiger partial charge in [0.2, 0.25) is 12.2 Å². The van der Waals surface area contributed by atoms with E-state index in [2.05, 4.69) is 14.2 Å². The second-order valence-corrected chi connectivity index (χ2v) is 20.6. The molecule has 0 aromatic rings. The number of hydrogen-bond acceptors (Lipinski definition) is 4. The van der Waals surface area contributed by atoms with Crippen LogP contribution in [0.3, 0.4) is 0 Å². The van der Waals surface area contributed by atoms with Crippen LogP contribution in [0.4, 0.5) is 105 Å². The van der Waals surface area contributed by atoms with Crippen LogP contribution in [0.5, 0.6) is 0 Å². The fourth-order valence-corrected chi connectivity index (χ4v) is 9.29. The Morgan fingerprint density at radius 1 is 0.525 bits per heavy atom. The maximum Gasteiger partial charge on any atom is 0.643 e. The Balaban J connectivity index is 0.000000210. The van der Waals surface area contributed by atoms with Crippen molar-refractivity contribution in [2.24, 2.45) is 47.3 Å². The predicted molar refractivity (Wildman–Crippen MR) is 150 cm³/mol. The number of halogens is 27. The molecule has 4 nitrogen and oxygen atoms in total. The number of aliphatic hydroxyl groups excluding tert-OH is 1. The monoisotopic (exact) mass is 1000 g/mol. The molecule has 6 saturated carbocycles. The number of ether oxygens (including phenoxy) is 3. The number of hydrogen-bond donors (Lipinski definition) is 1. The standard InChI is InChI=1S/C10H8F6O.C10H10F6O.C4H4F6O.C3H2F6O.Al.3ClH/c11-9(12,13)8(10(14,15)16)6-3-1-2-4(6)5(2)7(3)17-8;11-9(12,13)8(10(14,15)16)6-4-1-2-5(3-4)7(6)17-8;1-11-2(3(5,6)7)4(8,9)10;4-2(5,6)1(10)3(7,8)9;;;;/h2-7H,1H2;4-7H,1-3H2;2H,1H3;1,10H;;3*1H/q;;;;+3;;;/p-3. The van der Waals surface area contributed by atoms with Gasteiger partial charge in [0.15, 0.2) is 0 Å². The normalized spacial score (nSPS) is 33.4. The van der Waals surface area contributed by atoms with Crippen molar-refractivity contribution in [1.82, 2.24) is 0 Å². The minimum absolute atomic E-state index is 0.0252. The largest absolute Gasteiger partial charge is 0.643 e. The summed E-state index contributed by atoms with van der Waals surface area (Å²) in [5.74, 6) is -4.29. The maximum absolute atomic E-state index is 12.9. The third-order valence-corrected chi connectivity index (χ3v) is 11.1. The Morgan fingerprint density at radius 2 is 0.881 bits per heavy atom. The van der Waals surface area contributed by atoms with E-state index in [4.69, 9.17) is 35.3 Å². The highest BCUT2D eigenvalue weighted by Gasteiger charge is 2.92. The van der Waals surface area contributed by atoms with Crippen molar-refractivity contribution in [3.63, 3.8) is 0 Å². The summed E-state index contributed by atoms with van der Waals surface area (Å²) < 4.78 is 300. The van der Waals surface area contributed by atoms with E-state index < -0.39 is 126 Å². The molecule has 8 aliphatic rings. The van der Waals surface area contributed by atoms with Crippen LogP contribution >= 0.6 is 30.1 Å². The Hall–Kier alpha value is -0.438. The molecule has 2 aliphatic heterocycles. The quantitative estimate of drug-likeness (QED) is 0.210. The molecule has 1 N–H and O–H groups in total. The van der Waals surface area contributed by atoms with Crippen molar-refractivity contribution < 1.29 is 125 Å². The molecule has 0 spiro atoms. The van der Waals surface area contributed by atoms with Crippen molar-refractivity contribution >= 4 is 41.5 Å². The van der Waals surface area contributed by atoms with Crippen LogP contribution < -0.4 is 0 Å². The smallest absolute Gasteiger partial charge is 0.377 e. The molecular formula is C27H24AlCl3F24O4. The summed E-state index contributed by atoms with van der Waals surface area (Å²) in [6, 6.07) is 0. The first-order valence-electron chi connectivity index (χ1n) is 16.0. The average Bonchev–Trinajstić information content (AvgIpc) is 3.54. The highest BCUT2D eigenvalue weighted by Crippen LogP contribution is 2.83. The van der Waals surface area contributed by atoms with Crippen LogP contribution in [0.1, 0.15) is 25.7 Å². The lowest BCUT2D eigenvalue weighted by Gasteiger charge is -2.56. The summed E-state index contributed by atoms with van der Waals surface area (Å²) in [4.78, 5) is 0. The molecule has 2 saturated heterocycles. The molecule has 8 rings (SSSR count). The second kappa shape index (κ2) is 16.5. The summed E-state index contributed by atoms with van der Waals surface area (Å²) in [5, 5.41) is 7.47. The summed E-state index contributed by atoms with van der Waals surface area (Å²) in [7, 11) is 15.2. The third-order valence-electron chi connectivity index (χ3n) is 11.1. The van der Waals surface area contributed by atoms with Crippen LogP contribution in [-0.4, -0.2) is 109 Å². The third kappa shape index (κ3) is 9.81. The Bertz CT molecular complexity index is 1380. The first-order chi connectivity index (χ1) is 26.0. The summed E-state index contributed by atoms with van der Waals surface area (Å²) in [6.45, 7) is 0. The number of methoxy groups -OCH3 is 1. The number of fused-ring (bicyclic) bond motifs is 5. The summed E-state index contributed by atoms with van der Waals surface area (Å²) in [5.41, 5.74) is -7.79. The van der Waals surface area contributed by atoms with Gasteiger partial charge in [-0.15, -0.1) is 0 Å². The van der Waals surface area contributed by atoms with E-state index in [1.807, 2.05) is 0 Å². The Morgan fingerprint density at radius 3 is 1.12 bits per heavy atom. The molecule has 6 aliphatic carbocycles. The molecule has 8 bridgehead atoms. The number of alkyl halides is 24. The van der Waals surface area contributed by atoms with Gasteiger partial charge in [0.25, 0.3) is 11.2 Å². The van der Waals surface area contributed by atoms with E-state index in [-0.39, 0.29) is 17.8 Å². The highest BCUT2D eigenvalue weighted by molar-refractivity contribution is 7.54. The lowest BCUT2D eigenvalue weighted by molar-refractivity contribution is -0.470. The van der Waals surface area contributed by atoms with Crippen LogP contribution in [0.2, 0.25) is 0 Å². The highest BCUT2D eigenvalue weighted by atomic mass is 35.8. The lowest BCUT2D eigenvalue weighted by atomic mass is 9.68. The lowest BCUT2D eigenvalue weighted by Crippen LogP contribution is -2.75. The Kier molecular flexibility index (Phi) is 14.8. The van der Waals surface area contributed by atoms with Gasteiger partial charge in [-0.25, -0.2) is 30.1 Å². The van der Waals surface area contributed by atoms with Crippen molar-refractivity contribution in [3.05, 3.63) is 0 Å². The van der Waals surface area contributed by atoms with E-state index in [1.54, 1.807) is 0 Å². The van der Waals surface area contributed by atoms with E-state index in [0.29, 0.717) is 32.8 Å². The topological polar surface area (TPSA) is 47.9 Å². The molecule has 32 heteroatoms. The molecule has 10 unspecified atom stereocenters. The van der Waals surface area contributed by atoms with Crippen molar-refractivity contribution in [1.29, 1.82) is 0 Å². The number of aliphatic hydroxyl groups is 1. The van der Waals surface area contributed by atoms with Gasteiger partial charge in [-0.2, -0.15) is 105 Å². The van der Waals surface area contributed by atoms with Gasteiger partial charge >= 0.3 is 60.8 Å². The maximum atomic E-state index is 12.9. The summed E-state index contributed by atoms with van der Waals surface area (Å²) in [6.07, 6.45) is -51.0. The van der Waals surface area contributed by atoms with Gasteiger partial charge < -0.3 is 19.3 Å². The number of rotatable bonds is 1. The molecule has 10 atom stereocenters. The van der Waals surface area contributed by atoms with E-state index in [1.165, 1.54) is 0 Å². The first-order valence-corrected chi connectivity index (χ1v) is 21.2. The predicted octanol–water partition coefficient (Wildman–Crippen LogP) is 11.3. The minimum atomic E-state index is -5.63. The van der Waals surface area contributed by atoms with Gasteiger partial charge in [0, 0.05) is 18.9 Å². The molecule has 8 fully saturated rings. The fourth-order valence-electron chi connectivity index (χ4n) is 9.29. The molecular weight excluding hydrogens is 978 g/mol. The molecule has 0 aromatic carbocycles. The van der Waals surface area contributed by atoms with Crippen LogP contribution in [0, 0.1) is 47.3 Å². The molecule has 2 heterocycles. The second-order valence-electron chi connectivity index (χ2n) is 14.2. The first kappa shape index (κ1) is 52.9. The van der Waals surface area contributed by atoms with Gasteiger partial charge in [0.05, 0.1) is 12.2 Å². The van der Waals surface area contributed by atoms with E-state index in [0.717, 1.165) is 0 Å².